The highest BCUT2D eigenvalue weighted by Gasteiger charge is 2.20. The van der Waals surface area contributed by atoms with Gasteiger partial charge in [0.25, 0.3) is 5.69 Å². The van der Waals surface area contributed by atoms with Crippen LogP contribution in [0.5, 0.6) is 0 Å². The molecule has 0 saturated heterocycles. The van der Waals surface area contributed by atoms with Gasteiger partial charge >= 0.3 is 0 Å². The summed E-state index contributed by atoms with van der Waals surface area (Å²) < 4.78 is 26.3. The van der Waals surface area contributed by atoms with Gasteiger partial charge in [-0.2, -0.15) is 11.8 Å². The minimum absolute atomic E-state index is 0.104. The van der Waals surface area contributed by atoms with Crippen molar-refractivity contribution in [2.45, 2.75) is 11.3 Å². The van der Waals surface area contributed by atoms with Crippen LogP contribution in [0.3, 0.4) is 0 Å². The van der Waals surface area contributed by atoms with Crippen LogP contribution in [0, 0.1) is 10.1 Å². The third-order valence-corrected chi connectivity index (χ3v) is 5.26. The summed E-state index contributed by atoms with van der Waals surface area (Å²) in [5.41, 5.74) is -0.447. The van der Waals surface area contributed by atoms with E-state index in [1.54, 1.807) is 0 Å². The second-order valence-corrected chi connectivity index (χ2v) is 7.36. The Kier molecular flexibility index (Phi) is 7.40. The molecule has 0 aromatic heterocycles. The summed E-state index contributed by atoms with van der Waals surface area (Å²) in [7, 11) is -3.80. The number of rotatable bonds is 9. The predicted molar refractivity (Wildman–Crippen MR) is 82.3 cm³/mol. The SMILES string of the molecule is O=[N+]([O-])c1cc(S(=O)(=O)NCCSCCCO)ccc1Cl. The smallest absolute Gasteiger partial charge is 0.289 e. The van der Waals surface area contributed by atoms with Gasteiger partial charge in [0, 0.05) is 25.0 Å². The Morgan fingerprint density at radius 1 is 1.38 bits per heavy atom. The number of benzene rings is 1. The van der Waals surface area contributed by atoms with Gasteiger partial charge < -0.3 is 5.11 Å². The average molecular weight is 355 g/mol. The number of halogens is 1. The van der Waals surface area contributed by atoms with Crippen molar-refractivity contribution in [3.8, 4) is 0 Å². The van der Waals surface area contributed by atoms with E-state index in [-0.39, 0.29) is 23.1 Å². The molecule has 1 rings (SSSR count). The number of thioether (sulfide) groups is 1. The van der Waals surface area contributed by atoms with Gasteiger partial charge in [-0.3, -0.25) is 10.1 Å². The van der Waals surface area contributed by atoms with Crippen LogP contribution < -0.4 is 4.72 Å². The third kappa shape index (κ3) is 5.79. The molecule has 0 bridgehead atoms. The zero-order valence-electron chi connectivity index (χ0n) is 11.0. The van der Waals surface area contributed by atoms with Crippen LogP contribution in [-0.4, -0.2) is 43.1 Å². The molecule has 7 nitrogen and oxygen atoms in total. The number of aliphatic hydroxyl groups is 1. The molecular weight excluding hydrogens is 340 g/mol. The van der Waals surface area contributed by atoms with Crippen LogP contribution in [0.4, 0.5) is 5.69 Å². The van der Waals surface area contributed by atoms with E-state index < -0.39 is 20.6 Å². The second-order valence-electron chi connectivity index (χ2n) is 3.96. The number of nitro benzene ring substituents is 1. The first-order valence-electron chi connectivity index (χ1n) is 6.00. The highest BCUT2D eigenvalue weighted by atomic mass is 35.5. The lowest BCUT2D eigenvalue weighted by molar-refractivity contribution is -0.384. The first-order valence-corrected chi connectivity index (χ1v) is 9.02. The van der Waals surface area contributed by atoms with E-state index in [4.69, 9.17) is 16.7 Å². The first-order chi connectivity index (χ1) is 9.88. The van der Waals surface area contributed by atoms with Gasteiger partial charge in [0.1, 0.15) is 5.02 Å². The number of hydrogen-bond acceptors (Lipinski definition) is 6. The Hall–Kier alpha value is -0.870. The van der Waals surface area contributed by atoms with Crippen molar-refractivity contribution < 1.29 is 18.4 Å². The normalized spacial score (nSPS) is 11.5. The Labute approximate surface area is 131 Å². The second kappa shape index (κ2) is 8.54. The molecule has 1 aromatic carbocycles. The molecule has 0 saturated carbocycles. The lowest BCUT2D eigenvalue weighted by Crippen LogP contribution is -2.26. The van der Waals surface area contributed by atoms with Gasteiger partial charge in [-0.25, -0.2) is 13.1 Å². The highest BCUT2D eigenvalue weighted by molar-refractivity contribution is 7.99. The molecule has 0 atom stereocenters. The summed E-state index contributed by atoms with van der Waals surface area (Å²) in [5.74, 6) is 1.29. The van der Waals surface area contributed by atoms with Gasteiger partial charge in [-0.1, -0.05) is 11.6 Å². The van der Waals surface area contributed by atoms with Crippen molar-refractivity contribution >= 4 is 39.1 Å². The van der Waals surface area contributed by atoms with Crippen LogP contribution in [0.1, 0.15) is 6.42 Å². The fourth-order valence-electron chi connectivity index (χ4n) is 1.40. The summed E-state index contributed by atoms with van der Waals surface area (Å²) in [6.45, 7) is 0.308. The standard InChI is InChI=1S/C11H15ClN2O5S2/c12-10-3-2-9(8-11(10)14(16)17)21(18,19)13-4-7-20-6-1-5-15/h2-3,8,13,15H,1,4-7H2. The van der Waals surface area contributed by atoms with E-state index in [2.05, 4.69) is 4.72 Å². The van der Waals surface area contributed by atoms with E-state index in [1.807, 2.05) is 0 Å². The highest BCUT2D eigenvalue weighted by Crippen LogP contribution is 2.26. The molecule has 21 heavy (non-hydrogen) atoms. The van der Waals surface area contributed by atoms with E-state index in [0.717, 1.165) is 11.8 Å². The quantitative estimate of drug-likeness (QED) is 0.396. The van der Waals surface area contributed by atoms with E-state index in [0.29, 0.717) is 12.2 Å². The lowest BCUT2D eigenvalue weighted by Gasteiger charge is -2.07. The van der Waals surface area contributed by atoms with Gasteiger partial charge in [0.15, 0.2) is 0 Å². The fourth-order valence-corrected chi connectivity index (χ4v) is 3.55. The van der Waals surface area contributed by atoms with Crippen molar-refractivity contribution in [2.24, 2.45) is 0 Å². The van der Waals surface area contributed by atoms with Crippen LogP contribution in [-0.2, 0) is 10.0 Å². The molecule has 0 amide bonds. The maximum Gasteiger partial charge on any atom is 0.289 e. The summed E-state index contributed by atoms with van der Waals surface area (Å²) in [4.78, 5) is 9.82. The summed E-state index contributed by atoms with van der Waals surface area (Å²) >= 11 is 7.14. The zero-order chi connectivity index (χ0) is 15.9. The third-order valence-electron chi connectivity index (χ3n) is 2.41. The summed E-state index contributed by atoms with van der Waals surface area (Å²) in [5, 5.41) is 19.2. The van der Waals surface area contributed by atoms with Crippen molar-refractivity contribution in [3.63, 3.8) is 0 Å². The molecule has 0 aliphatic carbocycles. The minimum Gasteiger partial charge on any atom is -0.396 e. The topological polar surface area (TPSA) is 110 Å². The number of hydrogen-bond donors (Lipinski definition) is 2. The molecule has 1 aromatic rings. The molecular formula is C11H15ClN2O5S2. The van der Waals surface area contributed by atoms with Gasteiger partial charge in [-0.05, 0) is 24.3 Å². The predicted octanol–water partition coefficient (Wildman–Crippen LogP) is 1.64. The number of sulfonamides is 1. The van der Waals surface area contributed by atoms with Crippen molar-refractivity contribution in [3.05, 3.63) is 33.3 Å². The molecule has 0 unspecified atom stereocenters. The van der Waals surface area contributed by atoms with Crippen molar-refractivity contribution in [1.82, 2.24) is 4.72 Å². The summed E-state index contributed by atoms with van der Waals surface area (Å²) in [6, 6.07) is 3.34. The van der Waals surface area contributed by atoms with E-state index >= 15 is 0 Å². The molecule has 10 heteroatoms. The van der Waals surface area contributed by atoms with Crippen molar-refractivity contribution in [1.29, 1.82) is 0 Å². The first kappa shape index (κ1) is 18.2. The van der Waals surface area contributed by atoms with Crippen LogP contribution in [0.25, 0.3) is 0 Å². The Bertz CT molecular complexity index is 594. The van der Waals surface area contributed by atoms with Gasteiger partial charge in [0.05, 0.1) is 9.82 Å². The van der Waals surface area contributed by atoms with E-state index in [9.17, 15) is 18.5 Å². The number of nitrogens with zero attached hydrogens (tertiary/aromatic N) is 1. The van der Waals surface area contributed by atoms with Gasteiger partial charge in [-0.15, -0.1) is 0 Å². The molecule has 0 fully saturated rings. The zero-order valence-corrected chi connectivity index (χ0v) is 13.4. The molecule has 0 radical (unpaired) electrons. The van der Waals surface area contributed by atoms with Crippen LogP contribution >= 0.6 is 23.4 Å². The molecule has 0 aliphatic heterocycles. The molecule has 0 aliphatic rings. The number of aliphatic hydroxyl groups excluding tert-OH is 1. The van der Waals surface area contributed by atoms with Gasteiger partial charge in [0.2, 0.25) is 10.0 Å². The summed E-state index contributed by atoms with van der Waals surface area (Å²) in [6.07, 6.45) is 0.654. The maximum atomic E-state index is 12.0. The molecule has 0 heterocycles. The van der Waals surface area contributed by atoms with Crippen LogP contribution in [0.2, 0.25) is 5.02 Å². The molecule has 118 valence electrons. The average Bonchev–Trinajstić information content (AvgIpc) is 2.42. The molecule has 0 spiro atoms. The fraction of sp³-hybridized carbons (Fsp3) is 0.455. The Morgan fingerprint density at radius 2 is 2.10 bits per heavy atom. The Morgan fingerprint density at radius 3 is 2.71 bits per heavy atom. The Balaban J connectivity index is 2.66. The van der Waals surface area contributed by atoms with Crippen molar-refractivity contribution in [2.75, 3.05) is 24.7 Å². The number of nitro groups is 1. The minimum atomic E-state index is -3.80. The number of nitrogens with one attached hydrogen (secondary N) is 1. The monoisotopic (exact) mass is 354 g/mol. The largest absolute Gasteiger partial charge is 0.396 e. The van der Waals surface area contributed by atoms with Crippen LogP contribution in [0.15, 0.2) is 23.1 Å². The molecule has 2 N–H and O–H groups in total. The maximum absolute atomic E-state index is 12.0. The van der Waals surface area contributed by atoms with E-state index in [1.165, 1.54) is 23.9 Å². The lowest BCUT2D eigenvalue weighted by atomic mass is 10.3.